The lowest BCUT2D eigenvalue weighted by Crippen LogP contribution is -2.38. The first-order valence-corrected chi connectivity index (χ1v) is 9.35. The first-order valence-electron chi connectivity index (χ1n) is 9.35. The summed E-state index contributed by atoms with van der Waals surface area (Å²) < 4.78 is 0. The lowest BCUT2D eigenvalue weighted by Gasteiger charge is -2.31. The lowest BCUT2D eigenvalue weighted by atomic mass is 9.89. The smallest absolute Gasteiger partial charge is 0.264 e. The second-order valence-electron chi connectivity index (χ2n) is 7.42. The SMILES string of the molecule is C=C(C#N)C(=O)N1CC=C(c2cc(NC(=O)C3CC3)nc3[nH]ccc23)[C@H](C)C1. The van der Waals surface area contributed by atoms with Crippen LogP contribution in [0.3, 0.4) is 0 Å². The molecule has 1 saturated carbocycles. The number of hydrogen-bond acceptors (Lipinski definition) is 4. The minimum absolute atomic E-state index is 0.0156. The zero-order valence-corrected chi connectivity index (χ0v) is 15.7. The summed E-state index contributed by atoms with van der Waals surface area (Å²) in [7, 11) is 0. The number of amides is 2. The molecule has 1 aliphatic carbocycles. The first kappa shape index (κ1) is 18.0. The Labute approximate surface area is 162 Å². The quantitative estimate of drug-likeness (QED) is 0.634. The van der Waals surface area contributed by atoms with Crippen LogP contribution in [0.15, 0.2) is 36.6 Å². The summed E-state index contributed by atoms with van der Waals surface area (Å²) in [5.41, 5.74) is 2.76. The zero-order chi connectivity index (χ0) is 19.8. The van der Waals surface area contributed by atoms with Crippen LogP contribution in [-0.2, 0) is 9.59 Å². The van der Waals surface area contributed by atoms with E-state index in [-0.39, 0.29) is 29.2 Å². The van der Waals surface area contributed by atoms with Gasteiger partial charge in [-0.25, -0.2) is 4.98 Å². The van der Waals surface area contributed by atoms with Gasteiger partial charge in [0.25, 0.3) is 5.91 Å². The average Bonchev–Trinajstić information content (AvgIpc) is 3.44. The standard InChI is InChI=1S/C21H21N5O2/c1-12(10-22)21(28)26-8-6-15(13(2)11-26)17-9-18(25-20(27)14-3-4-14)24-19-16(17)5-7-23-19/h5-7,9,13-14H,1,3-4,8,11H2,2H3,(H2,23,24,25,27)/t13-/m1/s1. The number of hydrogen-bond donors (Lipinski definition) is 2. The summed E-state index contributed by atoms with van der Waals surface area (Å²) in [5, 5.41) is 12.8. The number of carbonyl (C=O) groups excluding carboxylic acids is 2. The second-order valence-corrected chi connectivity index (χ2v) is 7.42. The fourth-order valence-corrected chi connectivity index (χ4v) is 3.61. The van der Waals surface area contributed by atoms with Crippen LogP contribution in [0.4, 0.5) is 5.82 Å². The molecular formula is C21H21N5O2. The Morgan fingerprint density at radius 2 is 2.21 bits per heavy atom. The van der Waals surface area contributed by atoms with Crippen molar-refractivity contribution in [2.24, 2.45) is 11.8 Å². The number of aromatic amines is 1. The third kappa shape index (κ3) is 3.29. The fraction of sp³-hybridized carbons (Fsp3) is 0.333. The van der Waals surface area contributed by atoms with E-state index in [1.807, 2.05) is 37.4 Å². The van der Waals surface area contributed by atoms with Crippen molar-refractivity contribution in [3.8, 4) is 6.07 Å². The van der Waals surface area contributed by atoms with Crippen molar-refractivity contribution in [3.63, 3.8) is 0 Å². The molecule has 0 saturated heterocycles. The summed E-state index contributed by atoms with van der Waals surface area (Å²) in [4.78, 5) is 33.7. The predicted octanol–water partition coefficient (Wildman–Crippen LogP) is 2.85. The highest BCUT2D eigenvalue weighted by Crippen LogP contribution is 2.35. The third-order valence-corrected chi connectivity index (χ3v) is 5.28. The maximum atomic E-state index is 12.2. The molecule has 0 bridgehead atoms. The minimum atomic E-state index is -0.330. The maximum absolute atomic E-state index is 12.2. The van der Waals surface area contributed by atoms with Gasteiger partial charge in [-0.1, -0.05) is 19.6 Å². The highest BCUT2D eigenvalue weighted by Gasteiger charge is 2.30. The molecule has 2 aromatic rings. The van der Waals surface area contributed by atoms with Gasteiger partial charge in [0.1, 0.15) is 23.1 Å². The van der Waals surface area contributed by atoms with Crippen molar-refractivity contribution in [2.45, 2.75) is 19.8 Å². The van der Waals surface area contributed by atoms with Gasteiger partial charge in [0.05, 0.1) is 0 Å². The number of nitrogens with zero attached hydrogens (tertiary/aromatic N) is 3. The molecule has 0 spiro atoms. The Hall–Kier alpha value is -3.40. The van der Waals surface area contributed by atoms with E-state index in [2.05, 4.69) is 21.9 Å². The molecule has 142 valence electrons. The molecule has 4 rings (SSSR count). The highest BCUT2D eigenvalue weighted by molar-refractivity contribution is 5.99. The molecule has 7 nitrogen and oxygen atoms in total. The van der Waals surface area contributed by atoms with E-state index in [0.29, 0.717) is 24.6 Å². The van der Waals surface area contributed by atoms with Crippen LogP contribution in [0.2, 0.25) is 0 Å². The molecule has 0 radical (unpaired) electrons. The van der Waals surface area contributed by atoms with Gasteiger partial charge < -0.3 is 15.2 Å². The number of nitrogens with one attached hydrogen (secondary N) is 2. The van der Waals surface area contributed by atoms with Gasteiger partial charge >= 0.3 is 0 Å². The van der Waals surface area contributed by atoms with Gasteiger partial charge in [-0.15, -0.1) is 0 Å². The molecule has 2 aliphatic rings. The number of anilines is 1. The van der Waals surface area contributed by atoms with Crippen LogP contribution in [0.5, 0.6) is 0 Å². The number of fused-ring (bicyclic) bond motifs is 1. The fourth-order valence-electron chi connectivity index (χ4n) is 3.61. The molecule has 2 N–H and O–H groups in total. The Balaban J connectivity index is 1.66. The van der Waals surface area contributed by atoms with Crippen LogP contribution in [0.1, 0.15) is 25.3 Å². The molecule has 0 unspecified atom stereocenters. The molecule has 0 aromatic carbocycles. The Morgan fingerprint density at radius 3 is 2.89 bits per heavy atom. The summed E-state index contributed by atoms with van der Waals surface area (Å²) >= 11 is 0. The molecule has 2 amide bonds. The van der Waals surface area contributed by atoms with Gasteiger partial charge in [-0.2, -0.15) is 5.26 Å². The molecule has 1 atom stereocenters. The number of H-pyrrole nitrogens is 1. The van der Waals surface area contributed by atoms with E-state index < -0.39 is 0 Å². The zero-order valence-electron chi connectivity index (χ0n) is 15.7. The molecule has 7 heteroatoms. The average molecular weight is 375 g/mol. The van der Waals surface area contributed by atoms with E-state index in [0.717, 1.165) is 29.4 Å². The van der Waals surface area contributed by atoms with Crippen LogP contribution in [0.25, 0.3) is 16.6 Å². The molecule has 3 heterocycles. The second kappa shape index (κ2) is 6.97. The largest absolute Gasteiger partial charge is 0.346 e. The summed E-state index contributed by atoms with van der Waals surface area (Å²) in [6.45, 7) is 6.48. The monoisotopic (exact) mass is 375 g/mol. The third-order valence-electron chi connectivity index (χ3n) is 5.28. The molecule has 1 aliphatic heterocycles. The molecule has 28 heavy (non-hydrogen) atoms. The minimum Gasteiger partial charge on any atom is -0.346 e. The molecule has 1 fully saturated rings. The van der Waals surface area contributed by atoms with E-state index in [1.54, 1.807) is 4.90 Å². The van der Waals surface area contributed by atoms with Crippen molar-refractivity contribution in [2.75, 3.05) is 18.4 Å². The van der Waals surface area contributed by atoms with Crippen LogP contribution < -0.4 is 5.32 Å². The summed E-state index contributed by atoms with van der Waals surface area (Å²) in [5.74, 6) is 0.388. The summed E-state index contributed by atoms with van der Waals surface area (Å²) in [6.07, 6.45) is 5.70. The molecular weight excluding hydrogens is 354 g/mol. The Bertz CT molecular complexity index is 1050. The van der Waals surface area contributed by atoms with Crippen LogP contribution in [0, 0.1) is 23.2 Å². The van der Waals surface area contributed by atoms with Gasteiger partial charge in [0.2, 0.25) is 5.91 Å². The lowest BCUT2D eigenvalue weighted by molar-refractivity contribution is -0.126. The predicted molar refractivity (Wildman–Crippen MR) is 106 cm³/mol. The molecule has 2 aromatic heterocycles. The number of carbonyl (C=O) groups is 2. The normalized spacial score (nSPS) is 19.1. The van der Waals surface area contributed by atoms with Crippen molar-refractivity contribution in [3.05, 3.63) is 42.1 Å². The van der Waals surface area contributed by atoms with Gasteiger partial charge in [-0.3, -0.25) is 9.59 Å². The van der Waals surface area contributed by atoms with Crippen molar-refractivity contribution in [1.82, 2.24) is 14.9 Å². The van der Waals surface area contributed by atoms with E-state index >= 15 is 0 Å². The van der Waals surface area contributed by atoms with Crippen molar-refractivity contribution in [1.29, 1.82) is 5.26 Å². The van der Waals surface area contributed by atoms with Crippen LogP contribution in [-0.4, -0.2) is 39.8 Å². The Kier molecular flexibility index (Phi) is 4.47. The van der Waals surface area contributed by atoms with Gasteiger partial charge in [0, 0.05) is 30.6 Å². The van der Waals surface area contributed by atoms with Crippen molar-refractivity contribution < 1.29 is 9.59 Å². The first-order chi connectivity index (χ1) is 13.5. The summed E-state index contributed by atoms with van der Waals surface area (Å²) in [6, 6.07) is 5.69. The Morgan fingerprint density at radius 1 is 1.43 bits per heavy atom. The number of nitriles is 1. The topological polar surface area (TPSA) is 102 Å². The van der Waals surface area contributed by atoms with Crippen LogP contribution >= 0.6 is 0 Å². The highest BCUT2D eigenvalue weighted by atomic mass is 16.2. The van der Waals surface area contributed by atoms with E-state index in [4.69, 9.17) is 5.26 Å². The number of aromatic nitrogens is 2. The van der Waals surface area contributed by atoms with E-state index in [9.17, 15) is 9.59 Å². The number of pyridine rings is 1. The van der Waals surface area contributed by atoms with Gasteiger partial charge in [0.15, 0.2) is 0 Å². The van der Waals surface area contributed by atoms with Crippen molar-refractivity contribution >= 4 is 34.2 Å². The van der Waals surface area contributed by atoms with Gasteiger partial charge in [-0.05, 0) is 42.0 Å². The number of rotatable bonds is 4. The van der Waals surface area contributed by atoms with E-state index in [1.165, 1.54) is 0 Å². The maximum Gasteiger partial charge on any atom is 0.264 e.